The first-order chi connectivity index (χ1) is 9.29. The van der Waals surface area contributed by atoms with Crippen LogP contribution in [0.5, 0.6) is 0 Å². The molecule has 1 heterocycles. The highest BCUT2D eigenvalue weighted by molar-refractivity contribution is 6.34. The van der Waals surface area contributed by atoms with E-state index in [-0.39, 0.29) is 5.56 Å². The first-order valence-electron chi connectivity index (χ1n) is 5.51. The molecule has 2 nitrogen and oxygen atoms in total. The Kier molecular flexibility index (Phi) is 4.22. The minimum atomic E-state index is -4.50. The van der Waals surface area contributed by atoms with Crippen LogP contribution in [0.15, 0.2) is 36.7 Å². The number of benzene rings is 1. The molecule has 0 spiro atoms. The number of halogens is 5. The largest absolute Gasteiger partial charge is 0.416 e. The molecule has 1 atom stereocenters. The highest BCUT2D eigenvalue weighted by atomic mass is 35.5. The van der Waals surface area contributed by atoms with Gasteiger partial charge in [0, 0.05) is 28.0 Å². The van der Waals surface area contributed by atoms with E-state index in [2.05, 4.69) is 4.98 Å². The molecule has 0 aliphatic carbocycles. The zero-order valence-electron chi connectivity index (χ0n) is 9.96. The molecular weight excluding hydrogens is 312 g/mol. The van der Waals surface area contributed by atoms with Crippen molar-refractivity contribution in [2.24, 2.45) is 5.73 Å². The molecule has 0 fully saturated rings. The Morgan fingerprint density at radius 2 is 1.70 bits per heavy atom. The van der Waals surface area contributed by atoms with Crippen molar-refractivity contribution in [2.45, 2.75) is 12.2 Å². The lowest BCUT2D eigenvalue weighted by Crippen LogP contribution is -2.18. The summed E-state index contributed by atoms with van der Waals surface area (Å²) in [6.45, 7) is 0. The molecule has 106 valence electrons. The maximum atomic E-state index is 12.9. The number of alkyl halides is 3. The lowest BCUT2D eigenvalue weighted by molar-refractivity contribution is -0.138. The van der Waals surface area contributed by atoms with E-state index in [1.807, 2.05) is 0 Å². The number of nitrogens with zero attached hydrogens (tertiary/aromatic N) is 1. The highest BCUT2D eigenvalue weighted by Crippen LogP contribution is 2.36. The van der Waals surface area contributed by atoms with Crippen LogP contribution in [0.1, 0.15) is 22.7 Å². The second kappa shape index (κ2) is 5.60. The van der Waals surface area contributed by atoms with Crippen LogP contribution in [0.3, 0.4) is 0 Å². The molecule has 2 N–H and O–H groups in total. The van der Waals surface area contributed by atoms with Gasteiger partial charge in [0.15, 0.2) is 0 Å². The van der Waals surface area contributed by atoms with E-state index in [1.54, 1.807) is 0 Å². The van der Waals surface area contributed by atoms with Gasteiger partial charge in [-0.25, -0.2) is 0 Å². The average Bonchev–Trinajstić information content (AvgIpc) is 2.35. The predicted octanol–water partition coefficient (Wildman–Crippen LogP) is 4.46. The Balaban J connectivity index is 2.51. The van der Waals surface area contributed by atoms with Gasteiger partial charge in [0.2, 0.25) is 0 Å². The van der Waals surface area contributed by atoms with E-state index in [1.165, 1.54) is 18.2 Å². The Morgan fingerprint density at radius 3 is 2.25 bits per heavy atom. The summed E-state index contributed by atoms with van der Waals surface area (Å²) >= 11 is 11.7. The molecule has 20 heavy (non-hydrogen) atoms. The third-order valence-corrected chi connectivity index (χ3v) is 3.17. The van der Waals surface area contributed by atoms with E-state index < -0.39 is 17.8 Å². The summed E-state index contributed by atoms with van der Waals surface area (Å²) in [5.41, 5.74) is 5.33. The molecule has 2 rings (SSSR count). The molecule has 0 saturated carbocycles. The fraction of sp³-hybridized carbons (Fsp3) is 0.154. The summed E-state index contributed by atoms with van der Waals surface area (Å²) in [7, 11) is 0. The Labute approximate surface area is 123 Å². The van der Waals surface area contributed by atoms with E-state index >= 15 is 0 Å². The topological polar surface area (TPSA) is 38.9 Å². The van der Waals surface area contributed by atoms with Gasteiger partial charge in [-0.05, 0) is 29.8 Å². The zero-order chi connectivity index (χ0) is 14.9. The summed E-state index contributed by atoms with van der Waals surface area (Å²) in [4.78, 5) is 3.70. The number of hydrogen-bond acceptors (Lipinski definition) is 2. The van der Waals surface area contributed by atoms with Crippen LogP contribution in [-0.2, 0) is 6.18 Å². The summed E-state index contributed by atoms with van der Waals surface area (Å²) in [5, 5.41) is 0.612. The third kappa shape index (κ3) is 3.23. The number of pyridine rings is 1. The van der Waals surface area contributed by atoms with Crippen molar-refractivity contribution < 1.29 is 13.2 Å². The predicted molar refractivity (Wildman–Crippen MR) is 71.7 cm³/mol. The smallest absolute Gasteiger partial charge is 0.320 e. The number of rotatable bonds is 2. The van der Waals surface area contributed by atoms with Gasteiger partial charge in [0.1, 0.15) is 0 Å². The normalized spacial score (nSPS) is 13.3. The molecule has 0 saturated heterocycles. The van der Waals surface area contributed by atoms with Crippen molar-refractivity contribution in [1.29, 1.82) is 0 Å². The zero-order valence-corrected chi connectivity index (χ0v) is 11.5. The maximum Gasteiger partial charge on any atom is 0.416 e. The van der Waals surface area contributed by atoms with E-state index in [0.717, 1.165) is 18.5 Å². The summed E-state index contributed by atoms with van der Waals surface area (Å²) < 4.78 is 38.8. The second-order valence-corrected chi connectivity index (χ2v) is 5.01. The van der Waals surface area contributed by atoms with Crippen molar-refractivity contribution in [3.05, 3.63) is 63.4 Å². The fourth-order valence-electron chi connectivity index (χ4n) is 1.85. The van der Waals surface area contributed by atoms with Gasteiger partial charge in [-0.2, -0.15) is 13.2 Å². The van der Waals surface area contributed by atoms with Gasteiger partial charge in [-0.1, -0.05) is 23.2 Å². The molecule has 0 aliphatic rings. The molecule has 7 heteroatoms. The minimum absolute atomic E-state index is 0.127. The Hall–Kier alpha value is -1.30. The van der Waals surface area contributed by atoms with Gasteiger partial charge in [-0.3, -0.25) is 4.98 Å². The van der Waals surface area contributed by atoms with E-state index in [0.29, 0.717) is 15.6 Å². The van der Waals surface area contributed by atoms with Crippen LogP contribution >= 0.6 is 23.2 Å². The van der Waals surface area contributed by atoms with Gasteiger partial charge < -0.3 is 5.73 Å². The van der Waals surface area contributed by atoms with Crippen molar-refractivity contribution in [2.75, 3.05) is 0 Å². The van der Waals surface area contributed by atoms with Crippen LogP contribution in [0.25, 0.3) is 0 Å². The molecule has 0 radical (unpaired) electrons. The molecular formula is C13H9Cl2F3N2. The van der Waals surface area contributed by atoms with E-state index in [9.17, 15) is 13.2 Å². The number of hydrogen-bond donors (Lipinski definition) is 1. The van der Waals surface area contributed by atoms with Crippen LogP contribution < -0.4 is 5.73 Å². The average molecular weight is 321 g/mol. The SMILES string of the molecule is NC(c1cc(Cl)cc(Cl)c1)c1cnccc1C(F)(F)F. The maximum absolute atomic E-state index is 12.9. The monoisotopic (exact) mass is 320 g/mol. The van der Waals surface area contributed by atoms with Crippen LogP contribution in [0, 0.1) is 0 Å². The molecule has 1 unspecified atom stereocenters. The van der Waals surface area contributed by atoms with Crippen LogP contribution in [0.4, 0.5) is 13.2 Å². The number of aromatic nitrogens is 1. The highest BCUT2D eigenvalue weighted by Gasteiger charge is 2.35. The summed E-state index contributed by atoms with van der Waals surface area (Å²) in [6, 6.07) is 4.31. The summed E-state index contributed by atoms with van der Waals surface area (Å²) in [6.07, 6.45) is -2.33. The number of nitrogens with two attached hydrogens (primary N) is 1. The Bertz CT molecular complexity index is 609. The molecule has 1 aromatic heterocycles. The van der Waals surface area contributed by atoms with Gasteiger partial charge >= 0.3 is 6.18 Å². The van der Waals surface area contributed by atoms with Gasteiger partial charge in [-0.15, -0.1) is 0 Å². The van der Waals surface area contributed by atoms with E-state index in [4.69, 9.17) is 28.9 Å². The summed E-state index contributed by atoms with van der Waals surface area (Å²) in [5.74, 6) is 0. The van der Waals surface area contributed by atoms with Crippen molar-refractivity contribution in [3.63, 3.8) is 0 Å². The minimum Gasteiger partial charge on any atom is -0.320 e. The van der Waals surface area contributed by atoms with Crippen LogP contribution in [-0.4, -0.2) is 4.98 Å². The Morgan fingerprint density at radius 1 is 1.10 bits per heavy atom. The molecule has 2 aromatic rings. The van der Waals surface area contributed by atoms with Gasteiger partial charge in [0.25, 0.3) is 0 Å². The first-order valence-corrected chi connectivity index (χ1v) is 6.27. The van der Waals surface area contributed by atoms with Crippen LogP contribution in [0.2, 0.25) is 10.0 Å². The first kappa shape index (κ1) is 15.1. The standard InChI is InChI=1S/C13H9Cl2F3N2/c14-8-3-7(4-9(15)5-8)12(19)10-6-20-2-1-11(10)13(16,17)18/h1-6,12H,19H2. The molecule has 0 bridgehead atoms. The lowest BCUT2D eigenvalue weighted by atomic mass is 9.97. The fourth-order valence-corrected chi connectivity index (χ4v) is 2.39. The second-order valence-electron chi connectivity index (χ2n) is 4.14. The molecule has 1 aromatic carbocycles. The molecule has 0 aliphatic heterocycles. The van der Waals surface area contributed by atoms with Crippen molar-refractivity contribution in [3.8, 4) is 0 Å². The molecule has 0 amide bonds. The van der Waals surface area contributed by atoms with Crippen molar-refractivity contribution >= 4 is 23.2 Å². The van der Waals surface area contributed by atoms with Gasteiger partial charge in [0.05, 0.1) is 11.6 Å². The quantitative estimate of drug-likeness (QED) is 0.887. The van der Waals surface area contributed by atoms with Crippen molar-refractivity contribution in [1.82, 2.24) is 4.98 Å². The lowest BCUT2D eigenvalue weighted by Gasteiger charge is -2.18. The third-order valence-electron chi connectivity index (χ3n) is 2.74.